The Bertz CT molecular complexity index is 1300. The van der Waals surface area contributed by atoms with Crippen LogP contribution in [-0.2, 0) is 4.79 Å². The molecule has 1 fully saturated rings. The number of anilines is 2. The number of para-hydroxylation sites is 1. The molecule has 4 aromatic rings. The lowest BCUT2D eigenvalue weighted by atomic mass is 10.2. The fraction of sp³-hybridized carbons (Fsp3) is 0.143. The number of rotatable bonds is 4. The molecule has 1 amide bonds. The molecule has 2 aromatic carbocycles. The Hall–Kier alpha value is -3.65. The van der Waals surface area contributed by atoms with Crippen molar-refractivity contribution in [2.24, 2.45) is 0 Å². The Morgan fingerprint density at radius 2 is 1.87 bits per heavy atom. The Morgan fingerprint density at radius 3 is 2.67 bits per heavy atom. The first kappa shape index (κ1) is 18.4. The molecule has 1 unspecified atom stereocenters. The fourth-order valence-electron chi connectivity index (χ4n) is 3.62. The summed E-state index contributed by atoms with van der Waals surface area (Å²) in [5, 5.41) is 8.32. The fourth-order valence-corrected chi connectivity index (χ4v) is 3.81. The van der Waals surface area contributed by atoms with Gasteiger partial charge in [-0.05, 0) is 36.8 Å². The lowest BCUT2D eigenvalue weighted by Crippen LogP contribution is -2.34. The zero-order valence-electron chi connectivity index (χ0n) is 15.7. The molecule has 9 heteroatoms. The molecule has 2 N–H and O–H groups in total. The Labute approximate surface area is 176 Å². The zero-order chi connectivity index (χ0) is 20.7. The summed E-state index contributed by atoms with van der Waals surface area (Å²) >= 11 is 6.05. The Morgan fingerprint density at radius 1 is 1.07 bits per heavy atom. The Balaban J connectivity index is 1.45. The molecule has 1 aliphatic rings. The number of fused-ring (bicyclic) bond motifs is 1. The summed E-state index contributed by atoms with van der Waals surface area (Å²) in [6.45, 7) is 0.547. The van der Waals surface area contributed by atoms with Crippen molar-refractivity contribution in [3.8, 4) is 5.69 Å². The van der Waals surface area contributed by atoms with Gasteiger partial charge < -0.3 is 10.2 Å². The van der Waals surface area contributed by atoms with Crippen molar-refractivity contribution in [1.82, 2.24) is 19.7 Å². The van der Waals surface area contributed by atoms with Crippen LogP contribution in [0.3, 0.4) is 0 Å². The monoisotopic (exact) mass is 420 g/mol. The van der Waals surface area contributed by atoms with E-state index in [1.807, 2.05) is 42.5 Å². The number of hydrogen-bond acceptors (Lipinski definition) is 5. The molecule has 2 aromatic heterocycles. The van der Waals surface area contributed by atoms with Crippen molar-refractivity contribution in [3.63, 3.8) is 0 Å². The van der Waals surface area contributed by atoms with Crippen LogP contribution in [0.4, 0.5) is 11.6 Å². The summed E-state index contributed by atoms with van der Waals surface area (Å²) in [6, 6.07) is 16.1. The predicted molar refractivity (Wildman–Crippen MR) is 115 cm³/mol. The van der Waals surface area contributed by atoms with Gasteiger partial charge in [-0.1, -0.05) is 35.9 Å². The van der Waals surface area contributed by atoms with E-state index in [4.69, 9.17) is 11.6 Å². The minimum absolute atomic E-state index is 0.100. The number of carbonyl (C=O) groups is 1. The van der Waals surface area contributed by atoms with Gasteiger partial charge >= 0.3 is 0 Å². The van der Waals surface area contributed by atoms with E-state index in [0.717, 1.165) is 11.4 Å². The van der Waals surface area contributed by atoms with E-state index in [1.54, 1.807) is 21.7 Å². The zero-order valence-corrected chi connectivity index (χ0v) is 16.5. The van der Waals surface area contributed by atoms with Crippen LogP contribution < -0.4 is 15.8 Å². The molecule has 8 nitrogen and oxygen atoms in total. The molecule has 0 spiro atoms. The van der Waals surface area contributed by atoms with Crippen molar-refractivity contribution in [2.45, 2.75) is 12.5 Å². The van der Waals surface area contributed by atoms with Gasteiger partial charge in [-0.15, -0.1) is 0 Å². The first-order valence-corrected chi connectivity index (χ1v) is 9.85. The van der Waals surface area contributed by atoms with Crippen LogP contribution in [0.15, 0.2) is 65.6 Å². The number of H-pyrrole nitrogens is 1. The van der Waals surface area contributed by atoms with Crippen molar-refractivity contribution >= 4 is 40.2 Å². The second-order valence-electron chi connectivity index (χ2n) is 7.00. The van der Waals surface area contributed by atoms with Gasteiger partial charge in [0.2, 0.25) is 11.9 Å². The second kappa shape index (κ2) is 7.31. The van der Waals surface area contributed by atoms with Crippen LogP contribution in [0.2, 0.25) is 5.02 Å². The number of halogens is 1. The van der Waals surface area contributed by atoms with Gasteiger partial charge in [0.1, 0.15) is 11.4 Å². The molecular weight excluding hydrogens is 404 g/mol. The van der Waals surface area contributed by atoms with Crippen LogP contribution in [0.1, 0.15) is 6.42 Å². The average Bonchev–Trinajstić information content (AvgIpc) is 3.33. The number of amides is 1. The highest BCUT2D eigenvalue weighted by molar-refractivity contribution is 6.31. The minimum atomic E-state index is -0.502. The topological polar surface area (TPSA) is 95.9 Å². The van der Waals surface area contributed by atoms with Crippen molar-refractivity contribution < 1.29 is 4.79 Å². The van der Waals surface area contributed by atoms with E-state index in [-0.39, 0.29) is 17.4 Å². The van der Waals surface area contributed by atoms with Crippen LogP contribution in [-0.4, -0.2) is 38.2 Å². The smallest absolute Gasteiger partial charge is 0.263 e. The summed E-state index contributed by atoms with van der Waals surface area (Å²) in [4.78, 5) is 34.3. The molecule has 1 saturated heterocycles. The van der Waals surface area contributed by atoms with Crippen molar-refractivity contribution in [1.29, 1.82) is 0 Å². The molecule has 3 heterocycles. The van der Waals surface area contributed by atoms with Crippen LogP contribution >= 0.6 is 11.6 Å². The van der Waals surface area contributed by atoms with Gasteiger partial charge in [-0.3, -0.25) is 14.6 Å². The first-order chi connectivity index (χ1) is 14.6. The van der Waals surface area contributed by atoms with E-state index in [9.17, 15) is 9.59 Å². The third-order valence-corrected chi connectivity index (χ3v) is 5.31. The number of nitrogens with zero attached hydrogens (tertiary/aromatic N) is 4. The minimum Gasteiger partial charge on any atom is -0.344 e. The molecule has 0 saturated carbocycles. The Kier molecular flexibility index (Phi) is 4.48. The largest absolute Gasteiger partial charge is 0.344 e. The number of aromatic nitrogens is 4. The number of benzene rings is 2. The van der Waals surface area contributed by atoms with Crippen molar-refractivity contribution in [2.75, 3.05) is 16.8 Å². The normalized spacial score (nSPS) is 16.4. The summed E-state index contributed by atoms with van der Waals surface area (Å²) in [6.07, 6.45) is 2.06. The summed E-state index contributed by atoms with van der Waals surface area (Å²) in [5.74, 6) is 0.132. The molecule has 1 atom stereocenters. The summed E-state index contributed by atoms with van der Waals surface area (Å²) in [7, 11) is 0. The quantitative estimate of drug-likeness (QED) is 0.529. The average molecular weight is 421 g/mol. The van der Waals surface area contributed by atoms with Gasteiger partial charge in [0.25, 0.3) is 5.56 Å². The highest BCUT2D eigenvalue weighted by Gasteiger charge is 2.33. The molecule has 30 heavy (non-hydrogen) atoms. The number of aromatic amines is 1. The SMILES string of the molecule is O=C1C(Nc2nc3c(cnn3-c3ccccc3)c(=O)[nH]2)CCN1c1cccc(Cl)c1. The summed E-state index contributed by atoms with van der Waals surface area (Å²) < 4.78 is 1.60. The lowest BCUT2D eigenvalue weighted by Gasteiger charge is -2.17. The maximum Gasteiger partial charge on any atom is 0.263 e. The van der Waals surface area contributed by atoms with Crippen LogP contribution in [0.25, 0.3) is 16.7 Å². The van der Waals surface area contributed by atoms with E-state index < -0.39 is 6.04 Å². The number of carbonyl (C=O) groups excluding carboxylic acids is 1. The maximum absolute atomic E-state index is 12.9. The van der Waals surface area contributed by atoms with Crippen molar-refractivity contribution in [3.05, 3.63) is 76.2 Å². The van der Waals surface area contributed by atoms with Crippen LogP contribution in [0, 0.1) is 0 Å². The predicted octanol–water partition coefficient (Wildman–Crippen LogP) is 2.98. The third-order valence-electron chi connectivity index (χ3n) is 5.08. The van der Waals surface area contributed by atoms with Gasteiger partial charge in [-0.2, -0.15) is 10.1 Å². The lowest BCUT2D eigenvalue weighted by molar-refractivity contribution is -0.117. The highest BCUT2D eigenvalue weighted by atomic mass is 35.5. The van der Waals surface area contributed by atoms with Gasteiger partial charge in [0.15, 0.2) is 5.65 Å². The van der Waals surface area contributed by atoms with E-state index >= 15 is 0 Å². The third kappa shape index (κ3) is 3.21. The standard InChI is InChI=1S/C21H17ClN6O2/c22-13-5-4-8-15(11-13)27-10-9-17(20(27)30)24-21-25-18-16(19(29)26-21)12-23-28(18)14-6-2-1-3-7-14/h1-8,11-12,17H,9-10H2,(H2,24,25,26,29). The second-order valence-corrected chi connectivity index (χ2v) is 7.44. The summed E-state index contributed by atoms with van der Waals surface area (Å²) in [5.41, 5.74) is 1.64. The van der Waals surface area contributed by atoms with Gasteiger partial charge in [0.05, 0.1) is 11.9 Å². The molecular formula is C21H17ClN6O2. The molecule has 0 aliphatic carbocycles. The first-order valence-electron chi connectivity index (χ1n) is 9.47. The molecule has 150 valence electrons. The van der Waals surface area contributed by atoms with E-state index in [1.165, 1.54) is 6.20 Å². The maximum atomic E-state index is 12.9. The van der Waals surface area contributed by atoms with E-state index in [0.29, 0.717) is 29.0 Å². The van der Waals surface area contributed by atoms with Gasteiger partial charge in [0, 0.05) is 17.3 Å². The van der Waals surface area contributed by atoms with E-state index in [2.05, 4.69) is 20.4 Å². The molecule has 0 bridgehead atoms. The molecule has 0 radical (unpaired) electrons. The molecule has 1 aliphatic heterocycles. The number of nitrogens with one attached hydrogen (secondary N) is 2. The van der Waals surface area contributed by atoms with Gasteiger partial charge in [-0.25, -0.2) is 4.68 Å². The number of hydrogen-bond donors (Lipinski definition) is 2. The molecule has 5 rings (SSSR count). The van der Waals surface area contributed by atoms with Crippen LogP contribution in [0.5, 0.6) is 0 Å². The highest BCUT2D eigenvalue weighted by Crippen LogP contribution is 2.25.